The molecule has 0 bridgehead atoms. The van der Waals surface area contributed by atoms with Gasteiger partial charge in [0.2, 0.25) is 0 Å². The maximum atomic E-state index is 12.6. The monoisotopic (exact) mass is 529 g/mol. The molecule has 3 aliphatic rings. The molecule has 2 fully saturated rings. The average molecular weight is 529 g/mol. The second-order valence-corrected chi connectivity index (χ2v) is 8.61. The molecule has 3 atom stereocenters. The van der Waals surface area contributed by atoms with Crippen molar-refractivity contribution in [3.05, 3.63) is 27.8 Å². The van der Waals surface area contributed by atoms with Crippen LogP contribution < -0.4 is 10.1 Å². The fraction of sp³-hybridized carbons (Fsp3) is 0.526. The first-order valence-electron chi connectivity index (χ1n) is 9.75. The number of morpholine rings is 1. The summed E-state index contributed by atoms with van der Waals surface area (Å²) in [6.45, 7) is 2.59. The van der Waals surface area contributed by atoms with Gasteiger partial charge in [-0.05, 0) is 46.9 Å². The van der Waals surface area contributed by atoms with Gasteiger partial charge in [0.05, 0.1) is 19.8 Å². The van der Waals surface area contributed by atoms with Crippen molar-refractivity contribution >= 4 is 40.5 Å². The SMILES string of the molecule is CN1C(=O)NC(=O)C2C1N=C(N1CCOCC1)N2CC(O)COc1ccc(I)cc1. The topological polar surface area (TPSA) is 107 Å². The second-order valence-electron chi connectivity index (χ2n) is 7.36. The fourth-order valence-corrected chi connectivity index (χ4v) is 4.10. The Bertz CT molecular complexity index is 829. The first kappa shape index (κ1) is 21.1. The Morgan fingerprint density at radius 2 is 2.00 bits per heavy atom. The van der Waals surface area contributed by atoms with Crippen LogP contribution in [-0.4, -0.2) is 103 Å². The van der Waals surface area contributed by atoms with Crippen molar-refractivity contribution in [1.29, 1.82) is 0 Å². The van der Waals surface area contributed by atoms with Crippen LogP contribution in [0.1, 0.15) is 0 Å². The number of guanidine groups is 1. The predicted molar refractivity (Wildman–Crippen MR) is 116 cm³/mol. The zero-order valence-corrected chi connectivity index (χ0v) is 18.7. The Morgan fingerprint density at radius 1 is 1.30 bits per heavy atom. The number of imide groups is 1. The van der Waals surface area contributed by atoms with Crippen LogP contribution in [0.25, 0.3) is 0 Å². The molecule has 4 rings (SSSR count). The molecule has 30 heavy (non-hydrogen) atoms. The van der Waals surface area contributed by atoms with E-state index < -0.39 is 30.2 Å². The maximum absolute atomic E-state index is 12.6. The van der Waals surface area contributed by atoms with Crippen LogP contribution >= 0.6 is 22.6 Å². The molecule has 2 N–H and O–H groups in total. The minimum absolute atomic E-state index is 0.0707. The van der Waals surface area contributed by atoms with Gasteiger partial charge in [-0.2, -0.15) is 0 Å². The summed E-state index contributed by atoms with van der Waals surface area (Å²) >= 11 is 2.21. The molecular weight excluding hydrogens is 505 g/mol. The highest BCUT2D eigenvalue weighted by Gasteiger charge is 2.50. The summed E-state index contributed by atoms with van der Waals surface area (Å²) in [6, 6.07) is 6.37. The van der Waals surface area contributed by atoms with Crippen molar-refractivity contribution in [2.24, 2.45) is 4.99 Å². The van der Waals surface area contributed by atoms with E-state index in [1.54, 1.807) is 11.9 Å². The Hall–Kier alpha value is -2.12. The smallest absolute Gasteiger partial charge is 0.325 e. The van der Waals surface area contributed by atoms with E-state index in [1.165, 1.54) is 4.90 Å². The number of aliphatic hydroxyl groups is 1. The van der Waals surface area contributed by atoms with Gasteiger partial charge < -0.3 is 29.3 Å². The molecule has 0 saturated carbocycles. The van der Waals surface area contributed by atoms with E-state index in [0.29, 0.717) is 38.0 Å². The second kappa shape index (κ2) is 8.94. The number of hydrogen-bond donors (Lipinski definition) is 2. The lowest BCUT2D eigenvalue weighted by Crippen LogP contribution is -2.65. The summed E-state index contributed by atoms with van der Waals surface area (Å²) in [5, 5.41) is 13.0. The van der Waals surface area contributed by atoms with Crippen molar-refractivity contribution < 1.29 is 24.2 Å². The van der Waals surface area contributed by atoms with Gasteiger partial charge in [0.15, 0.2) is 18.2 Å². The Kier molecular flexibility index (Phi) is 6.29. The molecule has 0 radical (unpaired) electrons. The molecule has 0 aromatic heterocycles. The van der Waals surface area contributed by atoms with E-state index in [4.69, 9.17) is 9.47 Å². The number of halogens is 1. The standard InChI is InChI=1S/C19H24IN5O5/c1-23-16-15(17(27)22-19(23)28)25(18(21-16)24-6-8-29-9-7-24)10-13(26)11-30-14-4-2-12(20)3-5-14/h2-5,13,15-16,26H,6-11H2,1H3,(H,22,27,28). The minimum atomic E-state index is -0.856. The predicted octanol–water partition coefficient (Wildman–Crippen LogP) is -0.0890. The van der Waals surface area contributed by atoms with Crippen LogP contribution in [0.5, 0.6) is 5.75 Å². The zero-order chi connectivity index (χ0) is 21.3. The number of ether oxygens (including phenoxy) is 2. The minimum Gasteiger partial charge on any atom is -0.491 e. The van der Waals surface area contributed by atoms with E-state index in [1.807, 2.05) is 29.2 Å². The van der Waals surface area contributed by atoms with Crippen LogP contribution in [0.15, 0.2) is 29.3 Å². The Labute approximate surface area is 187 Å². The first-order chi connectivity index (χ1) is 14.4. The molecule has 3 heterocycles. The fourth-order valence-electron chi connectivity index (χ4n) is 3.74. The van der Waals surface area contributed by atoms with Gasteiger partial charge >= 0.3 is 6.03 Å². The number of rotatable bonds is 5. The Morgan fingerprint density at radius 3 is 2.70 bits per heavy atom. The van der Waals surface area contributed by atoms with Crippen LogP contribution in [-0.2, 0) is 9.53 Å². The number of nitrogens with one attached hydrogen (secondary N) is 1. The van der Waals surface area contributed by atoms with E-state index >= 15 is 0 Å². The van der Waals surface area contributed by atoms with Gasteiger partial charge in [-0.15, -0.1) is 0 Å². The van der Waals surface area contributed by atoms with Gasteiger partial charge in [0.1, 0.15) is 18.5 Å². The number of aliphatic hydroxyl groups excluding tert-OH is 1. The van der Waals surface area contributed by atoms with Gasteiger partial charge in [-0.1, -0.05) is 0 Å². The number of fused-ring (bicyclic) bond motifs is 1. The summed E-state index contributed by atoms with van der Waals surface area (Å²) in [5.41, 5.74) is 0. The lowest BCUT2D eigenvalue weighted by molar-refractivity contribution is -0.127. The molecule has 0 spiro atoms. The molecule has 1 aromatic rings. The number of carbonyl (C=O) groups excluding carboxylic acids is 2. The number of amides is 3. The molecule has 1 aromatic carbocycles. The van der Waals surface area contributed by atoms with E-state index in [2.05, 4.69) is 32.9 Å². The van der Waals surface area contributed by atoms with E-state index in [-0.39, 0.29) is 13.2 Å². The van der Waals surface area contributed by atoms with Crippen LogP contribution in [0.3, 0.4) is 0 Å². The third-order valence-electron chi connectivity index (χ3n) is 5.30. The molecule has 2 saturated heterocycles. The lowest BCUT2D eigenvalue weighted by atomic mass is 10.1. The number of benzene rings is 1. The number of urea groups is 1. The van der Waals surface area contributed by atoms with Crippen LogP contribution in [0.2, 0.25) is 0 Å². The number of carbonyl (C=O) groups is 2. The normalized spacial score (nSPS) is 25.0. The third-order valence-corrected chi connectivity index (χ3v) is 6.02. The number of hydrogen-bond acceptors (Lipinski definition) is 8. The maximum Gasteiger partial charge on any atom is 0.325 e. The van der Waals surface area contributed by atoms with Crippen molar-refractivity contribution in [3.63, 3.8) is 0 Å². The van der Waals surface area contributed by atoms with Crippen LogP contribution in [0.4, 0.5) is 4.79 Å². The molecule has 0 aliphatic carbocycles. The zero-order valence-electron chi connectivity index (χ0n) is 16.5. The molecule has 162 valence electrons. The number of aliphatic imine (C=N–C) groups is 1. The van der Waals surface area contributed by atoms with Crippen molar-refractivity contribution in [1.82, 2.24) is 20.0 Å². The number of nitrogens with zero attached hydrogens (tertiary/aromatic N) is 4. The molecule has 10 nitrogen and oxygen atoms in total. The van der Waals surface area contributed by atoms with Crippen LogP contribution in [0, 0.1) is 3.57 Å². The lowest BCUT2D eigenvalue weighted by Gasteiger charge is -2.39. The van der Waals surface area contributed by atoms with Gasteiger partial charge in [-0.3, -0.25) is 10.1 Å². The summed E-state index contributed by atoms with van der Waals surface area (Å²) < 4.78 is 12.2. The summed E-state index contributed by atoms with van der Waals surface area (Å²) in [4.78, 5) is 34.6. The molecule has 3 unspecified atom stereocenters. The quantitative estimate of drug-likeness (QED) is 0.514. The van der Waals surface area contributed by atoms with Crippen molar-refractivity contribution in [3.8, 4) is 5.75 Å². The number of β-amino-alcohol motifs (C(OH)–C–C–N with tert-alkyl or cyclic N) is 1. The van der Waals surface area contributed by atoms with Gasteiger partial charge in [0, 0.05) is 23.7 Å². The summed E-state index contributed by atoms with van der Waals surface area (Å²) in [7, 11) is 1.61. The largest absolute Gasteiger partial charge is 0.491 e. The van der Waals surface area contributed by atoms with Crippen molar-refractivity contribution in [2.75, 3.05) is 46.5 Å². The summed E-state index contributed by atoms with van der Waals surface area (Å²) in [6.07, 6.45) is -1.49. The van der Waals surface area contributed by atoms with E-state index in [9.17, 15) is 14.7 Å². The third kappa shape index (κ3) is 4.32. The highest BCUT2D eigenvalue weighted by molar-refractivity contribution is 14.1. The molecule has 11 heteroatoms. The summed E-state index contributed by atoms with van der Waals surface area (Å²) in [5.74, 6) is 0.843. The molecule has 3 amide bonds. The highest BCUT2D eigenvalue weighted by Crippen LogP contribution is 2.26. The van der Waals surface area contributed by atoms with E-state index in [0.717, 1.165) is 3.57 Å². The molecule has 3 aliphatic heterocycles. The van der Waals surface area contributed by atoms with Gasteiger partial charge in [-0.25, -0.2) is 9.79 Å². The first-order valence-corrected chi connectivity index (χ1v) is 10.8. The number of likely N-dealkylation sites (N-methyl/N-ethyl adjacent to an activating group) is 1. The van der Waals surface area contributed by atoms with Crippen molar-refractivity contribution in [2.45, 2.75) is 18.3 Å². The molecular formula is C19H24IN5O5. The average Bonchev–Trinajstić information content (AvgIpc) is 3.12. The highest BCUT2D eigenvalue weighted by atomic mass is 127. The Balaban J connectivity index is 1.49. The van der Waals surface area contributed by atoms with Gasteiger partial charge in [0.25, 0.3) is 5.91 Å².